The zero-order valence-corrected chi connectivity index (χ0v) is 13.2. The molecule has 1 saturated heterocycles. The molecule has 6 nitrogen and oxygen atoms in total. The number of carbonyl (C=O) groups is 1. The van der Waals surface area contributed by atoms with Crippen LogP contribution in [0.1, 0.15) is 5.56 Å². The van der Waals surface area contributed by atoms with Crippen LogP contribution in [0, 0.1) is 0 Å². The predicted octanol–water partition coefficient (Wildman–Crippen LogP) is 0.383. The van der Waals surface area contributed by atoms with Gasteiger partial charge in [-0.25, -0.2) is 0 Å². The van der Waals surface area contributed by atoms with Gasteiger partial charge in [0.1, 0.15) is 11.5 Å². The number of benzene rings is 1. The molecule has 22 heavy (non-hydrogen) atoms. The largest absolute Gasteiger partial charge is 0.497 e. The molecule has 1 aliphatic heterocycles. The third kappa shape index (κ3) is 4.11. The molecule has 1 aliphatic rings. The van der Waals surface area contributed by atoms with Crippen molar-refractivity contribution in [1.82, 2.24) is 9.80 Å². The Kier molecular flexibility index (Phi) is 6.03. The van der Waals surface area contributed by atoms with Gasteiger partial charge in [-0.2, -0.15) is 0 Å². The van der Waals surface area contributed by atoms with Crippen molar-refractivity contribution in [2.24, 2.45) is 0 Å². The summed E-state index contributed by atoms with van der Waals surface area (Å²) in [5.41, 5.74) is 0.867. The second-order valence-electron chi connectivity index (χ2n) is 5.30. The van der Waals surface area contributed by atoms with Gasteiger partial charge in [0.15, 0.2) is 0 Å². The minimum absolute atomic E-state index is 0.104. The van der Waals surface area contributed by atoms with E-state index in [0.29, 0.717) is 37.6 Å². The van der Waals surface area contributed by atoms with Crippen LogP contribution in [0.15, 0.2) is 18.2 Å². The average Bonchev–Trinajstić information content (AvgIpc) is 2.56. The van der Waals surface area contributed by atoms with Gasteiger partial charge in [0.2, 0.25) is 5.91 Å². The molecule has 1 heterocycles. The number of piperazine rings is 1. The van der Waals surface area contributed by atoms with E-state index in [1.165, 1.54) is 0 Å². The maximum atomic E-state index is 12.4. The molecule has 1 fully saturated rings. The Hall–Kier alpha value is -1.79. The number of aliphatic hydroxyl groups is 1. The first-order valence-electron chi connectivity index (χ1n) is 7.49. The van der Waals surface area contributed by atoms with Gasteiger partial charge in [-0.3, -0.25) is 9.69 Å². The summed E-state index contributed by atoms with van der Waals surface area (Å²) in [5.74, 6) is 1.49. The maximum absolute atomic E-state index is 12.4. The molecular weight excluding hydrogens is 284 g/mol. The summed E-state index contributed by atoms with van der Waals surface area (Å²) in [6, 6.07) is 5.50. The second-order valence-corrected chi connectivity index (χ2v) is 5.30. The fraction of sp³-hybridized carbons (Fsp3) is 0.562. The van der Waals surface area contributed by atoms with Crippen LogP contribution in [0.2, 0.25) is 0 Å². The molecule has 0 unspecified atom stereocenters. The van der Waals surface area contributed by atoms with Crippen molar-refractivity contribution in [1.29, 1.82) is 0 Å². The lowest BCUT2D eigenvalue weighted by Gasteiger charge is -2.34. The minimum atomic E-state index is 0.104. The third-order valence-electron chi connectivity index (χ3n) is 3.98. The highest BCUT2D eigenvalue weighted by Gasteiger charge is 2.21. The smallest absolute Gasteiger partial charge is 0.227 e. The molecule has 0 spiro atoms. The van der Waals surface area contributed by atoms with Crippen LogP contribution >= 0.6 is 0 Å². The van der Waals surface area contributed by atoms with Crippen molar-refractivity contribution in [3.05, 3.63) is 23.8 Å². The van der Waals surface area contributed by atoms with Crippen LogP contribution in [0.5, 0.6) is 11.5 Å². The average molecular weight is 308 g/mol. The summed E-state index contributed by atoms with van der Waals surface area (Å²) < 4.78 is 10.5. The van der Waals surface area contributed by atoms with Crippen LogP contribution in [-0.4, -0.2) is 74.4 Å². The molecule has 1 aromatic carbocycles. The van der Waals surface area contributed by atoms with Gasteiger partial charge < -0.3 is 19.5 Å². The predicted molar refractivity (Wildman–Crippen MR) is 83.4 cm³/mol. The molecule has 1 aromatic rings. The Morgan fingerprint density at radius 2 is 1.91 bits per heavy atom. The Balaban J connectivity index is 1.95. The topological polar surface area (TPSA) is 62.2 Å². The van der Waals surface area contributed by atoms with E-state index in [1.807, 2.05) is 17.0 Å². The van der Waals surface area contributed by atoms with E-state index in [1.54, 1.807) is 20.3 Å². The van der Waals surface area contributed by atoms with Gasteiger partial charge in [0.25, 0.3) is 0 Å². The third-order valence-corrected chi connectivity index (χ3v) is 3.98. The number of hydrogen-bond acceptors (Lipinski definition) is 5. The second kappa shape index (κ2) is 8.00. The molecule has 0 saturated carbocycles. The first-order chi connectivity index (χ1) is 10.7. The summed E-state index contributed by atoms with van der Waals surface area (Å²) in [6.45, 7) is 3.87. The Morgan fingerprint density at radius 1 is 1.18 bits per heavy atom. The molecule has 0 bridgehead atoms. The van der Waals surface area contributed by atoms with Crippen molar-refractivity contribution in [3.8, 4) is 11.5 Å². The van der Waals surface area contributed by atoms with Crippen molar-refractivity contribution in [2.45, 2.75) is 6.42 Å². The van der Waals surface area contributed by atoms with E-state index in [0.717, 1.165) is 18.7 Å². The number of rotatable bonds is 6. The minimum Gasteiger partial charge on any atom is -0.497 e. The lowest BCUT2D eigenvalue weighted by atomic mass is 10.1. The van der Waals surface area contributed by atoms with Crippen molar-refractivity contribution >= 4 is 5.91 Å². The number of β-amino-alcohol motifs (C(OH)–C–C–N with tert-alkyl or cyclic N) is 1. The van der Waals surface area contributed by atoms with Gasteiger partial charge >= 0.3 is 0 Å². The molecule has 0 aliphatic carbocycles. The fourth-order valence-electron chi connectivity index (χ4n) is 2.63. The molecule has 6 heteroatoms. The van der Waals surface area contributed by atoms with E-state index in [2.05, 4.69) is 4.90 Å². The number of carbonyl (C=O) groups excluding carboxylic acids is 1. The molecular formula is C16H24N2O4. The molecule has 0 radical (unpaired) electrons. The fourth-order valence-corrected chi connectivity index (χ4v) is 2.63. The first kappa shape index (κ1) is 16.6. The molecule has 1 amide bonds. The van der Waals surface area contributed by atoms with E-state index in [-0.39, 0.29) is 12.5 Å². The highest BCUT2D eigenvalue weighted by molar-refractivity contribution is 5.79. The van der Waals surface area contributed by atoms with Gasteiger partial charge in [-0.1, -0.05) is 6.07 Å². The lowest BCUT2D eigenvalue weighted by molar-refractivity contribution is -0.132. The standard InChI is InChI=1S/C16H24N2O4/c1-21-14-4-3-13(15(12-14)22-2)11-16(20)18-7-5-17(6-8-18)9-10-19/h3-4,12,19H,5-11H2,1-2H3. The maximum Gasteiger partial charge on any atom is 0.227 e. The summed E-state index contributed by atoms with van der Waals surface area (Å²) >= 11 is 0. The summed E-state index contributed by atoms with van der Waals surface area (Å²) in [7, 11) is 3.20. The number of methoxy groups -OCH3 is 2. The zero-order chi connectivity index (χ0) is 15.9. The van der Waals surface area contributed by atoms with Gasteiger partial charge in [-0.15, -0.1) is 0 Å². The highest BCUT2D eigenvalue weighted by atomic mass is 16.5. The normalized spacial score (nSPS) is 15.7. The van der Waals surface area contributed by atoms with Crippen molar-refractivity contribution < 1.29 is 19.4 Å². The quantitative estimate of drug-likeness (QED) is 0.823. The van der Waals surface area contributed by atoms with Crippen molar-refractivity contribution in [3.63, 3.8) is 0 Å². The lowest BCUT2D eigenvalue weighted by Crippen LogP contribution is -2.49. The molecule has 2 rings (SSSR count). The molecule has 0 atom stereocenters. The Morgan fingerprint density at radius 3 is 2.50 bits per heavy atom. The SMILES string of the molecule is COc1ccc(CC(=O)N2CCN(CCO)CC2)c(OC)c1. The van der Waals surface area contributed by atoms with E-state index in [4.69, 9.17) is 14.6 Å². The first-order valence-corrected chi connectivity index (χ1v) is 7.49. The molecule has 0 aromatic heterocycles. The number of nitrogens with zero attached hydrogens (tertiary/aromatic N) is 2. The van der Waals surface area contributed by atoms with Gasteiger partial charge in [0.05, 0.1) is 27.2 Å². The summed E-state index contributed by atoms with van der Waals surface area (Å²) in [6.07, 6.45) is 0.327. The number of hydrogen-bond donors (Lipinski definition) is 1. The van der Waals surface area contributed by atoms with Crippen LogP contribution < -0.4 is 9.47 Å². The van der Waals surface area contributed by atoms with E-state index in [9.17, 15) is 4.79 Å². The number of amides is 1. The highest BCUT2D eigenvalue weighted by Crippen LogP contribution is 2.25. The van der Waals surface area contributed by atoms with Gasteiger partial charge in [0, 0.05) is 44.4 Å². The van der Waals surface area contributed by atoms with Crippen LogP contribution in [0.4, 0.5) is 0 Å². The van der Waals surface area contributed by atoms with Crippen molar-refractivity contribution in [2.75, 3.05) is 53.6 Å². The van der Waals surface area contributed by atoms with Crippen LogP contribution in [-0.2, 0) is 11.2 Å². The monoisotopic (exact) mass is 308 g/mol. The van der Waals surface area contributed by atoms with Gasteiger partial charge in [-0.05, 0) is 6.07 Å². The van der Waals surface area contributed by atoms with Crippen LogP contribution in [0.25, 0.3) is 0 Å². The zero-order valence-electron chi connectivity index (χ0n) is 13.2. The van der Waals surface area contributed by atoms with E-state index < -0.39 is 0 Å². The number of aliphatic hydroxyl groups excluding tert-OH is 1. The summed E-state index contributed by atoms with van der Waals surface area (Å²) in [5, 5.41) is 8.94. The Bertz CT molecular complexity index is 499. The molecule has 1 N–H and O–H groups in total. The molecule has 122 valence electrons. The summed E-state index contributed by atoms with van der Waals surface area (Å²) in [4.78, 5) is 16.5. The Labute approximate surface area is 131 Å². The van der Waals surface area contributed by atoms with Crippen LogP contribution in [0.3, 0.4) is 0 Å². The number of ether oxygens (including phenoxy) is 2. The van der Waals surface area contributed by atoms with E-state index >= 15 is 0 Å².